The van der Waals surface area contributed by atoms with E-state index in [0.29, 0.717) is 0 Å². The monoisotopic (exact) mass is 212 g/mol. The summed E-state index contributed by atoms with van der Waals surface area (Å²) in [6, 6.07) is 0. The summed E-state index contributed by atoms with van der Waals surface area (Å²) in [7, 11) is 0. The predicted molar refractivity (Wildman–Crippen MR) is 59.3 cm³/mol. The molecule has 0 bridgehead atoms. The molecule has 1 N–H and O–H groups in total. The van der Waals surface area contributed by atoms with Crippen molar-refractivity contribution in [3.63, 3.8) is 0 Å². The topological polar surface area (TPSA) is 34.1 Å². The fraction of sp³-hybridized carbons (Fsp3) is 0.500. The van der Waals surface area contributed by atoms with E-state index in [1.807, 2.05) is 6.92 Å². The zero-order valence-electron chi connectivity index (χ0n) is 8.45. The Hall–Kier alpha value is -0.870. The molecule has 0 aromatic carbocycles. The second-order valence-electron chi connectivity index (χ2n) is 2.93. The Labute approximate surface area is 88.8 Å². The van der Waals surface area contributed by atoms with Crippen LogP contribution in [0.4, 0.5) is 0 Å². The van der Waals surface area contributed by atoms with Gasteiger partial charge in [-0.3, -0.25) is 0 Å². The van der Waals surface area contributed by atoms with Gasteiger partial charge in [0, 0.05) is 11.9 Å². The molecule has 0 aliphatic carbocycles. The minimum atomic E-state index is 0.729. The van der Waals surface area contributed by atoms with Gasteiger partial charge in [0.1, 0.15) is 0 Å². The van der Waals surface area contributed by atoms with Crippen molar-refractivity contribution in [1.29, 1.82) is 0 Å². The maximum absolute atomic E-state index is 5.00. The molecule has 0 radical (unpaired) electrons. The Kier molecular flexibility index (Phi) is 5.25. The highest BCUT2D eigenvalue weighted by atomic mass is 32.1. The summed E-state index contributed by atoms with van der Waals surface area (Å²) in [5, 5.41) is 6.51. The van der Waals surface area contributed by atoms with Gasteiger partial charge < -0.3 is 10.1 Å². The van der Waals surface area contributed by atoms with Gasteiger partial charge in [0.25, 0.3) is 0 Å². The molecule has 0 fully saturated rings. The molecule has 1 aromatic rings. The van der Waals surface area contributed by atoms with Crippen molar-refractivity contribution in [3.05, 3.63) is 28.9 Å². The summed E-state index contributed by atoms with van der Waals surface area (Å²) in [5.41, 5.74) is 1.12. The molecular formula is C10H16N2OS. The van der Waals surface area contributed by atoms with Crippen molar-refractivity contribution in [3.8, 4) is 0 Å². The van der Waals surface area contributed by atoms with Crippen LogP contribution in [0.3, 0.4) is 0 Å². The van der Waals surface area contributed by atoms with Gasteiger partial charge in [-0.05, 0) is 19.9 Å². The Balaban J connectivity index is 2.01. The summed E-state index contributed by atoms with van der Waals surface area (Å²) < 4.78 is 5.00. The van der Waals surface area contributed by atoms with Crippen LogP contribution in [0.15, 0.2) is 18.2 Å². The number of rotatable bonds is 7. The van der Waals surface area contributed by atoms with Gasteiger partial charge in [0.15, 0.2) is 0 Å². The molecule has 0 spiro atoms. The van der Waals surface area contributed by atoms with Crippen molar-refractivity contribution in [1.82, 2.24) is 10.3 Å². The number of ether oxygens (including phenoxy) is 1. The summed E-state index contributed by atoms with van der Waals surface area (Å²) in [6.07, 6.45) is 2.47. The van der Waals surface area contributed by atoms with E-state index in [1.165, 1.54) is 6.26 Å². The number of thiazole rings is 1. The molecule has 0 atom stereocenters. The number of nitrogens with one attached hydrogen (secondary N) is 1. The van der Waals surface area contributed by atoms with Crippen LogP contribution in [-0.4, -0.2) is 18.1 Å². The minimum Gasteiger partial charge on any atom is -0.502 e. The number of hydrogen-bond acceptors (Lipinski definition) is 4. The smallest absolute Gasteiger partial charge is 0.0897 e. The quantitative estimate of drug-likeness (QED) is 0.555. The van der Waals surface area contributed by atoms with Gasteiger partial charge in [-0.15, -0.1) is 11.3 Å². The molecule has 1 rings (SSSR count). The van der Waals surface area contributed by atoms with E-state index in [4.69, 9.17) is 4.74 Å². The van der Waals surface area contributed by atoms with E-state index in [9.17, 15) is 0 Å². The molecular weight excluding hydrogens is 196 g/mol. The van der Waals surface area contributed by atoms with E-state index in [2.05, 4.69) is 22.3 Å². The summed E-state index contributed by atoms with van der Waals surface area (Å²) in [4.78, 5) is 4.35. The van der Waals surface area contributed by atoms with Crippen molar-refractivity contribution < 1.29 is 4.74 Å². The normalized spacial score (nSPS) is 10.1. The molecule has 0 unspecified atom stereocenters. The van der Waals surface area contributed by atoms with Crippen molar-refractivity contribution >= 4 is 11.3 Å². The summed E-state index contributed by atoms with van der Waals surface area (Å²) in [5.74, 6) is 0. The van der Waals surface area contributed by atoms with E-state index < -0.39 is 0 Å². The molecule has 1 aromatic heterocycles. The van der Waals surface area contributed by atoms with Crippen molar-refractivity contribution in [2.45, 2.75) is 19.9 Å². The standard InChI is InChI=1S/C10H16N2OS/c1-3-13-6-4-5-11-7-10-8-14-9(2)12-10/h3,8,11H,1,4-7H2,2H3. The van der Waals surface area contributed by atoms with Crippen molar-refractivity contribution in [2.24, 2.45) is 0 Å². The Morgan fingerprint density at radius 3 is 3.21 bits per heavy atom. The van der Waals surface area contributed by atoms with Gasteiger partial charge in [0.2, 0.25) is 0 Å². The zero-order valence-corrected chi connectivity index (χ0v) is 9.27. The zero-order chi connectivity index (χ0) is 10.2. The highest BCUT2D eigenvalue weighted by Gasteiger charge is 1.96. The lowest BCUT2D eigenvalue weighted by Crippen LogP contribution is -2.16. The maximum atomic E-state index is 5.00. The highest BCUT2D eigenvalue weighted by Crippen LogP contribution is 2.06. The molecule has 0 saturated carbocycles. The Bertz CT molecular complexity index is 273. The van der Waals surface area contributed by atoms with Gasteiger partial charge >= 0.3 is 0 Å². The third-order valence-corrected chi connectivity index (χ3v) is 2.53. The van der Waals surface area contributed by atoms with Crippen molar-refractivity contribution in [2.75, 3.05) is 13.2 Å². The summed E-state index contributed by atoms with van der Waals surface area (Å²) in [6.45, 7) is 8.02. The average Bonchev–Trinajstić information content (AvgIpc) is 2.58. The fourth-order valence-corrected chi connectivity index (χ4v) is 1.68. The molecule has 14 heavy (non-hydrogen) atoms. The van der Waals surface area contributed by atoms with Crippen LogP contribution in [0.1, 0.15) is 17.1 Å². The van der Waals surface area contributed by atoms with Gasteiger partial charge in [-0.2, -0.15) is 0 Å². The van der Waals surface area contributed by atoms with Crippen LogP contribution in [0.5, 0.6) is 0 Å². The van der Waals surface area contributed by atoms with Crippen LogP contribution in [0, 0.1) is 6.92 Å². The first-order valence-electron chi connectivity index (χ1n) is 4.67. The molecule has 4 heteroatoms. The van der Waals surface area contributed by atoms with Gasteiger partial charge in [0.05, 0.1) is 23.6 Å². The summed E-state index contributed by atoms with van der Waals surface area (Å²) >= 11 is 1.69. The molecule has 78 valence electrons. The van der Waals surface area contributed by atoms with E-state index >= 15 is 0 Å². The van der Waals surface area contributed by atoms with Crippen LogP contribution < -0.4 is 5.32 Å². The molecule has 0 amide bonds. The lowest BCUT2D eigenvalue weighted by Gasteiger charge is -2.02. The molecule has 1 heterocycles. The second-order valence-corrected chi connectivity index (χ2v) is 3.99. The third-order valence-electron chi connectivity index (χ3n) is 1.71. The third kappa shape index (κ3) is 4.39. The van der Waals surface area contributed by atoms with Crippen LogP contribution in [-0.2, 0) is 11.3 Å². The fourth-order valence-electron chi connectivity index (χ4n) is 1.07. The number of hydrogen-bond donors (Lipinski definition) is 1. The van der Waals surface area contributed by atoms with E-state index in [0.717, 1.165) is 36.8 Å². The van der Waals surface area contributed by atoms with Crippen LogP contribution in [0.2, 0.25) is 0 Å². The van der Waals surface area contributed by atoms with Gasteiger partial charge in [-0.25, -0.2) is 4.98 Å². The SMILES string of the molecule is C=COCCCNCc1csc(C)n1. The Morgan fingerprint density at radius 2 is 2.57 bits per heavy atom. The highest BCUT2D eigenvalue weighted by molar-refractivity contribution is 7.09. The minimum absolute atomic E-state index is 0.729. The first kappa shape index (κ1) is 11.2. The second kappa shape index (κ2) is 6.56. The predicted octanol–water partition coefficient (Wildman–Crippen LogP) is 2.09. The number of aromatic nitrogens is 1. The largest absolute Gasteiger partial charge is 0.502 e. The van der Waals surface area contributed by atoms with Crippen LogP contribution in [0.25, 0.3) is 0 Å². The van der Waals surface area contributed by atoms with E-state index in [-0.39, 0.29) is 0 Å². The lowest BCUT2D eigenvalue weighted by atomic mass is 10.4. The lowest BCUT2D eigenvalue weighted by molar-refractivity contribution is 0.244. The molecule has 0 aliphatic rings. The first-order valence-corrected chi connectivity index (χ1v) is 5.55. The average molecular weight is 212 g/mol. The van der Waals surface area contributed by atoms with E-state index in [1.54, 1.807) is 11.3 Å². The molecule has 0 saturated heterocycles. The van der Waals surface area contributed by atoms with Gasteiger partial charge in [-0.1, -0.05) is 6.58 Å². The number of nitrogens with zero attached hydrogens (tertiary/aromatic N) is 1. The number of aryl methyl sites for hydroxylation is 1. The first-order chi connectivity index (χ1) is 6.83. The maximum Gasteiger partial charge on any atom is 0.0897 e. The molecule has 0 aliphatic heterocycles. The Morgan fingerprint density at radius 1 is 1.71 bits per heavy atom. The van der Waals surface area contributed by atoms with Crippen LogP contribution >= 0.6 is 11.3 Å². The molecule has 3 nitrogen and oxygen atoms in total.